The van der Waals surface area contributed by atoms with E-state index in [9.17, 15) is 20.1 Å². The number of aryl methyl sites for hydroxylation is 2. The summed E-state index contributed by atoms with van der Waals surface area (Å²) >= 11 is 7.79. The Morgan fingerprint density at radius 1 is 0.445 bits per heavy atom. The van der Waals surface area contributed by atoms with Crippen LogP contribution < -0.4 is 60.9 Å². The molecule has 18 rings (SSSR count). The van der Waals surface area contributed by atoms with Gasteiger partial charge < -0.3 is 71.8 Å². The second kappa shape index (κ2) is 45.6. The van der Waals surface area contributed by atoms with E-state index in [1.807, 2.05) is 138 Å². The number of aliphatic hydroxyl groups excluding tert-OH is 1. The quantitative estimate of drug-likeness (QED) is 0.0109. The first kappa shape index (κ1) is 105. The van der Waals surface area contributed by atoms with Gasteiger partial charge in [0.2, 0.25) is 5.95 Å². The number of thiazole rings is 3. The van der Waals surface area contributed by atoms with Crippen molar-refractivity contribution in [2.75, 3.05) is 68.3 Å². The predicted molar refractivity (Wildman–Crippen MR) is 562 cm³/mol. The van der Waals surface area contributed by atoms with Gasteiger partial charge in [-0.05, 0) is 172 Å². The summed E-state index contributed by atoms with van der Waals surface area (Å²) in [4.78, 5) is 61.0. The van der Waals surface area contributed by atoms with Crippen LogP contribution in [-0.4, -0.2) is 201 Å². The molecule has 3 aliphatic carbocycles. The molecular formula is C105H127LiN14O10S5Si2. The molecule has 7 aromatic carbocycles. The number of hydrogen-bond acceptors (Lipinski definition) is 29. The Balaban J connectivity index is 0.000000169. The topological polar surface area (TPSA) is 310 Å². The molecule has 716 valence electrons. The number of rotatable bonds is 27. The molecule has 4 aliphatic rings. The Morgan fingerprint density at radius 3 is 1.14 bits per heavy atom. The van der Waals surface area contributed by atoms with E-state index in [0.717, 1.165) is 92.7 Å². The minimum absolute atomic E-state index is 0. The molecule has 8 heterocycles. The van der Waals surface area contributed by atoms with E-state index in [-0.39, 0.29) is 84.1 Å². The average Bonchev–Trinajstić information content (AvgIpc) is 1.68. The number of ether oxygens (including phenoxy) is 4. The zero-order valence-electron chi connectivity index (χ0n) is 82.0. The third-order valence-electron chi connectivity index (χ3n) is 25.9. The van der Waals surface area contributed by atoms with Gasteiger partial charge in [0.25, 0.3) is 16.6 Å². The molecule has 12 atom stereocenters. The predicted octanol–water partition coefficient (Wildman–Crippen LogP) is 16.5. The van der Waals surface area contributed by atoms with E-state index in [1.54, 1.807) is 82.3 Å². The van der Waals surface area contributed by atoms with Gasteiger partial charge in [0.05, 0.1) is 95.0 Å². The van der Waals surface area contributed by atoms with Gasteiger partial charge in [-0.1, -0.05) is 223 Å². The van der Waals surface area contributed by atoms with Gasteiger partial charge in [0.15, 0.2) is 10.3 Å². The molecule has 0 spiro atoms. The molecule has 0 amide bonds. The minimum Gasteiger partial charge on any atom is -0.401 e. The molecule has 7 N–H and O–H groups in total. The fourth-order valence-electron chi connectivity index (χ4n) is 19.4. The SMILES string of the molecule is C1CCOC1.CO[C@@H]1[C@H](O)[C@@H](C(C)(C)O)C[C@H]1Nc1nc(Nc2cc(C)nc(C)c2)ncc1-c1nc2ccccc2s1.CO[C@@H]1[C@H](O[Si](c2ccccc2)(c2ccccc2)C(C)(C)C)[C@@H](C(C)(C)O)C[C@H]1Nc1nc(SC)ncc1-c1nc2ccccc2s1.CO[C@@H]1[C@H](O[Si](c2ccccc2)(c2ccccc2)C(C)(C)C)[C@@H](C(C)=O)C[C@H]1Nc1nc(SC)ncc1-c1nc2ccccc2s1.[CH3-].[Li+]. The fourth-order valence-corrected chi connectivity index (χ4v) is 32.5. The van der Waals surface area contributed by atoms with Crippen molar-refractivity contribution in [3.05, 3.63) is 244 Å². The van der Waals surface area contributed by atoms with Gasteiger partial charge in [-0.2, -0.15) is 4.98 Å². The summed E-state index contributed by atoms with van der Waals surface area (Å²) < 4.78 is 41.9. The summed E-state index contributed by atoms with van der Waals surface area (Å²) in [7, 11) is -0.911. The van der Waals surface area contributed by atoms with Crippen LogP contribution in [0.2, 0.25) is 10.1 Å². The van der Waals surface area contributed by atoms with E-state index in [4.69, 9.17) is 57.7 Å². The molecule has 32 heteroatoms. The largest absolute Gasteiger partial charge is 1.00 e. The number of pyridine rings is 1. The Labute approximate surface area is 840 Å². The number of aromatic nitrogens is 10. The van der Waals surface area contributed by atoms with Crippen LogP contribution in [0.25, 0.3) is 62.4 Å². The number of anilines is 5. The molecule has 0 radical (unpaired) electrons. The third kappa shape index (κ3) is 23.5. The number of para-hydroxylation sites is 3. The van der Waals surface area contributed by atoms with Gasteiger partial charge in [0.1, 0.15) is 56.6 Å². The van der Waals surface area contributed by atoms with Crippen LogP contribution in [0.4, 0.5) is 29.1 Å². The first-order valence-corrected chi connectivity index (χ1v) is 54.6. The van der Waals surface area contributed by atoms with Gasteiger partial charge >= 0.3 is 18.9 Å². The number of benzene rings is 7. The molecule has 1 aliphatic heterocycles. The van der Waals surface area contributed by atoms with Crippen molar-refractivity contribution in [3.8, 4) is 31.7 Å². The maximum Gasteiger partial charge on any atom is 1.00 e. The second-order valence-electron chi connectivity index (χ2n) is 38.0. The normalized spacial score (nSPS) is 20.6. The van der Waals surface area contributed by atoms with E-state index >= 15 is 0 Å². The number of carbonyl (C=O) groups excluding carboxylic acids is 1. The Morgan fingerprint density at radius 2 is 0.788 bits per heavy atom. The van der Waals surface area contributed by atoms with Crippen molar-refractivity contribution in [1.82, 2.24) is 49.8 Å². The number of fused-ring (bicyclic) bond motifs is 3. The number of hydrogen-bond donors (Lipinski definition) is 7. The van der Waals surface area contributed by atoms with Crippen molar-refractivity contribution >= 4 is 160 Å². The monoisotopic (exact) mass is 1970 g/mol. The van der Waals surface area contributed by atoms with Crippen LogP contribution >= 0.6 is 57.5 Å². The molecule has 3 saturated carbocycles. The molecule has 0 bridgehead atoms. The zero-order chi connectivity index (χ0) is 95.7. The standard InChI is InChI=1S/C37H44N4O3S2Si.C36H40N4O3S2Si.C27H32N6O3S.C4H8O.CH3.Li/c1-36(2,3)47(24-16-10-8-11-17-24,25-18-12-9-13-19-25)44-31-27(37(4,5)42)22-29(32(31)43-6)39-33-26(23-38-35(41-33)45-7)34-40-28-20-14-15-21-30(28)46-34;1-23(41)26-21-29(38-33-27(22-37-35(40-33)44-6)34-39-28-19-13-14-20-30(28)45-34)32(42-5)31(26)43-46(36(2,3)4,24-15-9-7-10-16-24)25-17-11-8-12-18-25;1-14-10-16(11-15(2)29-14)30-26-28-13-17(25-32-19-8-6-7-9-21(19)37-25)24(33-26)31-20-12-18(27(3,4)35)22(34)23(20)36-5;1-2-4-5-3-1;;/h8-21,23,27,29,31-32,42H,22H2,1-7H3,(H,38,39,41);7-20,22,26,29,31-32H,21H2,1-6H3,(H,37,38,40);6-11,13,18,20,22-23,34-35H,12H2,1-5H3,(H2,28,29,30,31,33);1-4H2;1H3;/q;;;;-1;+1/t27-,29+,31+,32-;26-,29-,31-,32+;18-,20+,22+,23-;;;/m010.../s1. The van der Waals surface area contributed by atoms with Gasteiger partial charge in [-0.3, -0.25) is 9.78 Å². The third-order valence-corrected chi connectivity index (χ3v) is 40.3. The molecule has 7 aromatic heterocycles. The molecule has 137 heavy (non-hydrogen) atoms. The van der Waals surface area contributed by atoms with Gasteiger partial charge in [0, 0.05) is 88.0 Å². The minimum atomic E-state index is -2.98. The Hall–Kier alpha value is -9.16. The first-order chi connectivity index (χ1) is 64.7. The summed E-state index contributed by atoms with van der Waals surface area (Å²) in [5.41, 5.74) is 5.76. The van der Waals surface area contributed by atoms with Crippen molar-refractivity contribution in [2.45, 2.75) is 208 Å². The van der Waals surface area contributed by atoms with Crippen molar-refractivity contribution in [2.24, 2.45) is 17.8 Å². The zero-order valence-corrected chi connectivity index (χ0v) is 88.0. The summed E-state index contributed by atoms with van der Waals surface area (Å²) in [5, 5.41) is 55.6. The van der Waals surface area contributed by atoms with Crippen LogP contribution in [0.15, 0.2) is 235 Å². The Kier molecular flexibility index (Phi) is 35.0. The summed E-state index contributed by atoms with van der Waals surface area (Å²) in [6, 6.07) is 69.7. The number of nitrogens with zero attached hydrogens (tertiary/aromatic N) is 10. The van der Waals surface area contributed by atoms with Crippen LogP contribution in [0, 0.1) is 39.0 Å². The van der Waals surface area contributed by atoms with Crippen LogP contribution in [0.1, 0.15) is 120 Å². The maximum absolute atomic E-state index is 13.4. The summed E-state index contributed by atoms with van der Waals surface area (Å²) in [5.74, 6) is 1.53. The Bertz CT molecular complexity index is 6130. The number of nitrogens with one attached hydrogen (secondary N) is 4. The summed E-state index contributed by atoms with van der Waals surface area (Å²) in [6.45, 7) is 28.4. The van der Waals surface area contributed by atoms with E-state index in [0.29, 0.717) is 53.0 Å². The van der Waals surface area contributed by atoms with Crippen LogP contribution in [0.5, 0.6) is 0 Å². The second-order valence-corrected chi connectivity index (χ2v) is 51.2. The number of ketones is 1. The van der Waals surface area contributed by atoms with Gasteiger partial charge in [-0.25, -0.2) is 39.9 Å². The summed E-state index contributed by atoms with van der Waals surface area (Å²) in [6.07, 6.45) is 10.6. The molecule has 4 fully saturated rings. The van der Waals surface area contributed by atoms with Crippen molar-refractivity contribution in [1.29, 1.82) is 0 Å². The average molecular weight is 1970 g/mol. The number of Topliss-reactive ketones (excluding diaryl/α,β-unsaturated/α-hetero) is 1. The number of aliphatic hydroxyl groups is 3. The smallest absolute Gasteiger partial charge is 0.401 e. The van der Waals surface area contributed by atoms with Gasteiger partial charge in [-0.15, -0.1) is 34.0 Å². The molecule has 24 nitrogen and oxygen atoms in total. The number of thioether (sulfide) groups is 2. The maximum atomic E-state index is 13.4. The fraction of sp³-hybridized carbons (Fsp3) is 0.390. The van der Waals surface area contributed by atoms with Crippen molar-refractivity contribution in [3.63, 3.8) is 0 Å². The van der Waals surface area contributed by atoms with E-state index < -0.39 is 58.4 Å². The van der Waals surface area contributed by atoms with Crippen LogP contribution in [-0.2, 0) is 32.6 Å². The molecule has 14 aromatic rings. The van der Waals surface area contributed by atoms with Crippen LogP contribution in [0.3, 0.4) is 0 Å². The molecule has 1 saturated heterocycles. The van der Waals surface area contributed by atoms with E-state index in [1.165, 1.54) is 57.1 Å². The number of methoxy groups -OCH3 is 3. The molecular weight excluding hydrogens is 1840 g/mol. The molecule has 0 unspecified atom stereocenters. The van der Waals surface area contributed by atoms with Crippen molar-refractivity contribution < 1.29 is 66.8 Å². The van der Waals surface area contributed by atoms with E-state index in [2.05, 4.69) is 204 Å². The number of carbonyl (C=O) groups is 1. The first-order valence-electron chi connectivity index (χ1n) is 45.9.